The molecule has 0 fully saturated rings. The first-order valence-corrected chi connectivity index (χ1v) is 7.82. The van der Waals surface area contributed by atoms with Crippen molar-refractivity contribution in [1.82, 2.24) is 14.5 Å². The summed E-state index contributed by atoms with van der Waals surface area (Å²) >= 11 is 0. The number of rotatable bonds is 2. The Kier molecular flexibility index (Phi) is 3.22. The van der Waals surface area contributed by atoms with E-state index >= 15 is 0 Å². The smallest absolute Gasteiger partial charge is 0.241 e. The fourth-order valence-corrected chi connectivity index (χ4v) is 3.52. The van der Waals surface area contributed by atoms with E-state index < -0.39 is 0 Å². The summed E-state index contributed by atoms with van der Waals surface area (Å²) in [6, 6.07) is 8.21. The monoisotopic (exact) mass is 296 g/mol. The highest BCUT2D eigenvalue weighted by Gasteiger charge is 2.27. The number of benzene rings is 1. The third-order valence-electron chi connectivity index (χ3n) is 4.73. The van der Waals surface area contributed by atoms with Gasteiger partial charge in [0, 0.05) is 44.5 Å². The molecular formula is C17H20N4O. The first-order chi connectivity index (χ1) is 10.7. The molecule has 2 aromatic rings. The van der Waals surface area contributed by atoms with E-state index in [2.05, 4.69) is 20.5 Å². The molecule has 1 aromatic heterocycles. The number of aryl methyl sites for hydroxylation is 1. The molecule has 5 nitrogen and oxygen atoms in total. The van der Waals surface area contributed by atoms with Crippen LogP contribution < -0.4 is 4.90 Å². The summed E-state index contributed by atoms with van der Waals surface area (Å²) < 4.78 is 2.09. The first kappa shape index (κ1) is 13.5. The lowest BCUT2D eigenvalue weighted by Gasteiger charge is -2.28. The first-order valence-electron chi connectivity index (χ1n) is 7.82. The minimum absolute atomic E-state index is 0.198. The number of carbonyl (C=O) groups is 1. The highest BCUT2D eigenvalue weighted by molar-refractivity contribution is 5.96. The molecule has 0 N–H and O–H groups in total. The minimum atomic E-state index is 0.198. The maximum Gasteiger partial charge on any atom is 0.241 e. The van der Waals surface area contributed by atoms with E-state index in [0.717, 1.165) is 43.9 Å². The largest absolute Gasteiger partial charge is 0.337 e. The zero-order chi connectivity index (χ0) is 15.1. The average molecular weight is 296 g/mol. The Morgan fingerprint density at radius 1 is 1.23 bits per heavy atom. The van der Waals surface area contributed by atoms with Crippen LogP contribution >= 0.6 is 0 Å². The predicted octanol–water partition coefficient (Wildman–Crippen LogP) is 1.37. The second-order valence-electron chi connectivity index (χ2n) is 6.13. The van der Waals surface area contributed by atoms with Gasteiger partial charge in [0.25, 0.3) is 0 Å². The van der Waals surface area contributed by atoms with E-state index in [1.807, 2.05) is 36.5 Å². The van der Waals surface area contributed by atoms with Gasteiger partial charge in [-0.25, -0.2) is 4.98 Å². The maximum atomic E-state index is 12.7. The standard InChI is InChI=1S/C17H20N4O/c1-19-12-18-14-10-20(8-7-16(14)19)11-17(22)21-9-6-13-4-2-3-5-15(13)21/h2-5,12H,6-11H2,1H3. The molecule has 5 heteroatoms. The summed E-state index contributed by atoms with van der Waals surface area (Å²) in [7, 11) is 2.04. The van der Waals surface area contributed by atoms with Crippen molar-refractivity contribution < 1.29 is 4.79 Å². The third-order valence-corrected chi connectivity index (χ3v) is 4.73. The summed E-state index contributed by atoms with van der Waals surface area (Å²) in [4.78, 5) is 21.2. The van der Waals surface area contributed by atoms with Gasteiger partial charge in [-0.2, -0.15) is 0 Å². The average Bonchev–Trinajstić information content (AvgIpc) is 3.11. The highest BCUT2D eigenvalue weighted by atomic mass is 16.2. The van der Waals surface area contributed by atoms with Gasteiger partial charge in [-0.1, -0.05) is 18.2 Å². The van der Waals surface area contributed by atoms with Crippen LogP contribution in [0.25, 0.3) is 0 Å². The van der Waals surface area contributed by atoms with Crippen molar-refractivity contribution in [1.29, 1.82) is 0 Å². The van der Waals surface area contributed by atoms with Crippen molar-refractivity contribution in [3.05, 3.63) is 47.5 Å². The molecule has 0 saturated heterocycles. The van der Waals surface area contributed by atoms with Crippen LogP contribution in [-0.2, 0) is 31.2 Å². The quantitative estimate of drug-likeness (QED) is 0.840. The molecule has 114 valence electrons. The molecule has 4 rings (SSSR count). The fraction of sp³-hybridized carbons (Fsp3) is 0.412. The molecule has 2 aliphatic heterocycles. The number of nitrogens with zero attached hydrogens (tertiary/aromatic N) is 4. The Hall–Kier alpha value is -2.14. The zero-order valence-electron chi connectivity index (χ0n) is 12.8. The Labute approximate surface area is 130 Å². The van der Waals surface area contributed by atoms with Crippen LogP contribution in [0.2, 0.25) is 0 Å². The molecule has 0 aliphatic carbocycles. The van der Waals surface area contributed by atoms with Crippen LogP contribution in [0.5, 0.6) is 0 Å². The Morgan fingerprint density at radius 3 is 3.00 bits per heavy atom. The van der Waals surface area contributed by atoms with Gasteiger partial charge in [0.1, 0.15) is 0 Å². The van der Waals surface area contributed by atoms with Crippen LogP contribution in [0.1, 0.15) is 17.0 Å². The normalized spacial score (nSPS) is 17.4. The topological polar surface area (TPSA) is 41.4 Å². The summed E-state index contributed by atoms with van der Waals surface area (Å²) in [5.41, 5.74) is 4.78. The molecule has 3 heterocycles. The highest BCUT2D eigenvalue weighted by Crippen LogP contribution is 2.27. The number of para-hydroxylation sites is 1. The van der Waals surface area contributed by atoms with E-state index in [-0.39, 0.29) is 5.91 Å². The van der Waals surface area contributed by atoms with Gasteiger partial charge in [-0.05, 0) is 18.1 Å². The third kappa shape index (κ3) is 2.22. The molecule has 0 bridgehead atoms. The van der Waals surface area contributed by atoms with Crippen molar-refractivity contribution in [2.75, 3.05) is 24.5 Å². The lowest BCUT2D eigenvalue weighted by atomic mass is 10.1. The number of hydrogen-bond donors (Lipinski definition) is 0. The van der Waals surface area contributed by atoms with Crippen molar-refractivity contribution in [2.24, 2.45) is 7.05 Å². The number of anilines is 1. The lowest BCUT2D eigenvalue weighted by Crippen LogP contribution is -2.42. The number of amides is 1. The number of carbonyl (C=O) groups excluding carboxylic acids is 1. The van der Waals surface area contributed by atoms with Crippen LogP contribution in [-0.4, -0.2) is 40.0 Å². The molecule has 0 unspecified atom stereocenters. The van der Waals surface area contributed by atoms with Crippen LogP contribution in [0, 0.1) is 0 Å². The molecule has 0 radical (unpaired) electrons. The number of imidazole rings is 1. The number of hydrogen-bond acceptors (Lipinski definition) is 3. The van der Waals surface area contributed by atoms with Crippen molar-refractivity contribution >= 4 is 11.6 Å². The summed E-state index contributed by atoms with van der Waals surface area (Å²) in [5.74, 6) is 0.198. The van der Waals surface area contributed by atoms with Crippen molar-refractivity contribution in [2.45, 2.75) is 19.4 Å². The van der Waals surface area contributed by atoms with E-state index in [1.165, 1.54) is 11.3 Å². The summed E-state index contributed by atoms with van der Waals surface area (Å²) in [6.07, 6.45) is 3.80. The maximum absolute atomic E-state index is 12.7. The summed E-state index contributed by atoms with van der Waals surface area (Å²) in [6.45, 7) is 2.98. The van der Waals surface area contributed by atoms with Gasteiger partial charge >= 0.3 is 0 Å². The molecule has 0 spiro atoms. The van der Waals surface area contributed by atoms with E-state index in [4.69, 9.17) is 0 Å². The van der Waals surface area contributed by atoms with Gasteiger partial charge in [-0.15, -0.1) is 0 Å². The van der Waals surface area contributed by atoms with Gasteiger partial charge < -0.3 is 9.47 Å². The van der Waals surface area contributed by atoms with Crippen molar-refractivity contribution in [3.8, 4) is 0 Å². The molecule has 0 atom stereocenters. The van der Waals surface area contributed by atoms with Gasteiger partial charge in [-0.3, -0.25) is 9.69 Å². The number of aromatic nitrogens is 2. The minimum Gasteiger partial charge on any atom is -0.337 e. The van der Waals surface area contributed by atoms with Gasteiger partial charge in [0.2, 0.25) is 5.91 Å². The molecule has 22 heavy (non-hydrogen) atoms. The molecule has 2 aliphatic rings. The number of fused-ring (bicyclic) bond motifs is 2. The molecule has 0 saturated carbocycles. The molecule has 1 aromatic carbocycles. The lowest BCUT2D eigenvalue weighted by molar-refractivity contribution is -0.119. The molecular weight excluding hydrogens is 276 g/mol. The van der Waals surface area contributed by atoms with Gasteiger partial charge in [0.05, 0.1) is 18.6 Å². The Balaban J connectivity index is 1.46. The van der Waals surface area contributed by atoms with E-state index in [1.54, 1.807) is 0 Å². The Bertz CT molecular complexity index is 721. The van der Waals surface area contributed by atoms with E-state index in [0.29, 0.717) is 6.54 Å². The second kappa shape index (κ2) is 5.25. The SMILES string of the molecule is Cn1cnc2c1CCN(CC(=O)N1CCc3ccccc31)C2. The van der Waals surface area contributed by atoms with Crippen LogP contribution in [0.15, 0.2) is 30.6 Å². The summed E-state index contributed by atoms with van der Waals surface area (Å²) in [5, 5.41) is 0. The zero-order valence-corrected chi connectivity index (χ0v) is 12.8. The fourth-order valence-electron chi connectivity index (χ4n) is 3.52. The predicted molar refractivity (Wildman–Crippen MR) is 84.7 cm³/mol. The van der Waals surface area contributed by atoms with Gasteiger partial charge in [0.15, 0.2) is 0 Å². The van der Waals surface area contributed by atoms with Crippen LogP contribution in [0.4, 0.5) is 5.69 Å². The second-order valence-corrected chi connectivity index (χ2v) is 6.13. The molecule has 1 amide bonds. The van der Waals surface area contributed by atoms with E-state index in [9.17, 15) is 4.79 Å². The van der Waals surface area contributed by atoms with Crippen LogP contribution in [0.3, 0.4) is 0 Å². The van der Waals surface area contributed by atoms with Crippen molar-refractivity contribution in [3.63, 3.8) is 0 Å². The Morgan fingerprint density at radius 2 is 2.09 bits per heavy atom.